The Balaban J connectivity index is 2.19. The number of nitrogens with zero attached hydrogens (tertiary/aromatic N) is 4. The standard InChI is InChI=1S/C23H28N4O4S2/c1-5-26-19(25-10-8-9-15(13-25)22(30)31-7-3)16(14(4)17(12-24)20(26)28)11-18-21(29)27(6-2)23(32)33-18/h11,15H,5-10,13H2,1-4H3. The highest BCUT2D eigenvalue weighted by Gasteiger charge is 2.34. The lowest BCUT2D eigenvalue weighted by atomic mass is 9.96. The van der Waals surface area contributed by atoms with Crippen molar-refractivity contribution in [3.63, 3.8) is 0 Å². The molecule has 2 aliphatic rings. The van der Waals surface area contributed by atoms with Gasteiger partial charge in [-0.25, -0.2) is 0 Å². The van der Waals surface area contributed by atoms with Gasteiger partial charge in [-0.2, -0.15) is 5.26 Å². The van der Waals surface area contributed by atoms with Crippen LogP contribution in [-0.4, -0.2) is 51.9 Å². The normalized spacial score (nSPS) is 19.8. The first-order valence-electron chi connectivity index (χ1n) is 11.1. The van der Waals surface area contributed by atoms with Crippen LogP contribution in [0, 0.1) is 24.2 Å². The van der Waals surface area contributed by atoms with Crippen LogP contribution in [0.4, 0.5) is 5.82 Å². The summed E-state index contributed by atoms with van der Waals surface area (Å²) in [6.07, 6.45) is 3.21. The fourth-order valence-electron chi connectivity index (χ4n) is 4.30. The number of carbonyl (C=O) groups excluding carboxylic acids is 2. The number of esters is 1. The Hall–Kier alpha value is -2.64. The predicted octanol–water partition coefficient (Wildman–Crippen LogP) is 3.05. The van der Waals surface area contributed by atoms with E-state index in [0.717, 1.165) is 6.42 Å². The summed E-state index contributed by atoms with van der Waals surface area (Å²) in [5.74, 6) is -0.118. The molecule has 0 aliphatic carbocycles. The number of aromatic nitrogens is 1. The largest absolute Gasteiger partial charge is 0.466 e. The van der Waals surface area contributed by atoms with Gasteiger partial charge < -0.3 is 9.64 Å². The molecule has 3 rings (SSSR count). The van der Waals surface area contributed by atoms with Crippen molar-refractivity contribution < 1.29 is 14.3 Å². The number of piperidine rings is 1. The second-order valence-electron chi connectivity index (χ2n) is 7.86. The molecule has 0 aromatic carbocycles. The van der Waals surface area contributed by atoms with Crippen molar-refractivity contribution in [2.75, 3.05) is 31.1 Å². The molecule has 0 spiro atoms. The van der Waals surface area contributed by atoms with Crippen molar-refractivity contribution in [3.05, 3.63) is 31.9 Å². The van der Waals surface area contributed by atoms with Gasteiger partial charge in [-0.3, -0.25) is 23.9 Å². The highest BCUT2D eigenvalue weighted by Crippen LogP contribution is 2.36. The fraction of sp³-hybridized carbons (Fsp3) is 0.522. The quantitative estimate of drug-likeness (QED) is 0.343. The Bertz CT molecular complexity index is 1120. The first-order chi connectivity index (χ1) is 15.8. The minimum Gasteiger partial charge on any atom is -0.466 e. The molecule has 1 unspecified atom stereocenters. The van der Waals surface area contributed by atoms with Gasteiger partial charge >= 0.3 is 5.97 Å². The molecule has 0 radical (unpaired) electrons. The zero-order valence-electron chi connectivity index (χ0n) is 19.3. The number of thiocarbonyl (C=S) groups is 1. The molecule has 0 bridgehead atoms. The third-order valence-corrected chi connectivity index (χ3v) is 7.35. The maximum Gasteiger partial charge on any atom is 0.310 e. The van der Waals surface area contributed by atoms with Crippen molar-refractivity contribution in [2.45, 2.75) is 47.1 Å². The topological polar surface area (TPSA) is 95.6 Å². The molecule has 0 N–H and O–H groups in total. The van der Waals surface area contributed by atoms with Crippen LogP contribution in [0.5, 0.6) is 0 Å². The van der Waals surface area contributed by atoms with Gasteiger partial charge in [-0.15, -0.1) is 0 Å². The third kappa shape index (κ3) is 4.70. The summed E-state index contributed by atoms with van der Waals surface area (Å²) >= 11 is 6.56. The lowest BCUT2D eigenvalue weighted by Gasteiger charge is -2.36. The van der Waals surface area contributed by atoms with Gasteiger partial charge in [0.25, 0.3) is 11.5 Å². The van der Waals surface area contributed by atoms with Crippen molar-refractivity contribution in [2.24, 2.45) is 5.92 Å². The lowest BCUT2D eigenvalue weighted by Crippen LogP contribution is -2.43. The summed E-state index contributed by atoms with van der Waals surface area (Å²) in [6.45, 7) is 9.39. The number of amides is 1. The van der Waals surface area contributed by atoms with Crippen LogP contribution in [-0.2, 0) is 20.9 Å². The summed E-state index contributed by atoms with van der Waals surface area (Å²) in [6, 6.07) is 2.03. The molecule has 2 saturated heterocycles. The van der Waals surface area contributed by atoms with Gasteiger partial charge in [0.1, 0.15) is 21.8 Å². The minimum atomic E-state index is -0.371. The average molecular weight is 489 g/mol. The molecule has 1 aromatic rings. The molecule has 2 aliphatic heterocycles. The van der Waals surface area contributed by atoms with E-state index >= 15 is 0 Å². The van der Waals surface area contributed by atoms with Crippen LogP contribution >= 0.6 is 24.0 Å². The summed E-state index contributed by atoms with van der Waals surface area (Å²) in [5, 5.41) is 9.69. The summed E-state index contributed by atoms with van der Waals surface area (Å²) in [7, 11) is 0. The molecule has 33 heavy (non-hydrogen) atoms. The number of likely N-dealkylation sites (N-methyl/N-ethyl adjacent to an activating group) is 1. The highest BCUT2D eigenvalue weighted by molar-refractivity contribution is 8.26. The Labute approximate surface area is 203 Å². The monoisotopic (exact) mass is 488 g/mol. The zero-order chi connectivity index (χ0) is 24.3. The molecule has 0 saturated carbocycles. The number of hydrogen-bond acceptors (Lipinski definition) is 8. The maximum atomic E-state index is 13.1. The number of thioether (sulfide) groups is 1. The van der Waals surface area contributed by atoms with Crippen LogP contribution in [0.15, 0.2) is 9.70 Å². The molecular weight excluding hydrogens is 460 g/mol. The molecule has 3 heterocycles. The van der Waals surface area contributed by atoms with Gasteiger partial charge in [0.05, 0.1) is 17.4 Å². The number of carbonyl (C=O) groups is 2. The molecule has 1 atom stereocenters. The van der Waals surface area contributed by atoms with Gasteiger partial charge in [0.2, 0.25) is 0 Å². The van der Waals surface area contributed by atoms with E-state index in [2.05, 4.69) is 0 Å². The van der Waals surface area contributed by atoms with Gasteiger partial charge in [0.15, 0.2) is 0 Å². The number of pyridine rings is 1. The van der Waals surface area contributed by atoms with E-state index < -0.39 is 0 Å². The number of rotatable bonds is 6. The van der Waals surface area contributed by atoms with E-state index in [1.807, 2.05) is 24.8 Å². The predicted molar refractivity (Wildman–Crippen MR) is 133 cm³/mol. The summed E-state index contributed by atoms with van der Waals surface area (Å²) in [5.41, 5.74) is 0.831. The molecule has 176 valence electrons. The minimum absolute atomic E-state index is 0.0526. The van der Waals surface area contributed by atoms with Crippen LogP contribution < -0.4 is 10.5 Å². The van der Waals surface area contributed by atoms with E-state index in [-0.39, 0.29) is 28.9 Å². The molecule has 1 aromatic heterocycles. The molecule has 8 nitrogen and oxygen atoms in total. The second kappa shape index (κ2) is 10.5. The maximum absolute atomic E-state index is 13.1. The molecule has 1 amide bonds. The van der Waals surface area contributed by atoms with E-state index in [4.69, 9.17) is 17.0 Å². The third-order valence-electron chi connectivity index (χ3n) is 5.97. The van der Waals surface area contributed by atoms with Crippen LogP contribution in [0.2, 0.25) is 0 Å². The lowest BCUT2D eigenvalue weighted by molar-refractivity contribution is -0.148. The second-order valence-corrected chi connectivity index (χ2v) is 9.54. The number of nitriles is 1. The zero-order valence-corrected chi connectivity index (χ0v) is 21.0. The highest BCUT2D eigenvalue weighted by atomic mass is 32.2. The Morgan fingerprint density at radius 3 is 2.61 bits per heavy atom. The van der Waals surface area contributed by atoms with Crippen LogP contribution in [0.1, 0.15) is 50.3 Å². The van der Waals surface area contributed by atoms with Gasteiger partial charge in [0, 0.05) is 31.7 Å². The SMILES string of the molecule is CCOC(=O)C1CCCN(c2c(C=C3SC(=S)N(CC)C3=O)c(C)c(C#N)c(=O)n2CC)C1. The van der Waals surface area contributed by atoms with E-state index in [9.17, 15) is 19.6 Å². The van der Waals surface area contributed by atoms with E-state index in [1.165, 1.54) is 16.7 Å². The first-order valence-corrected chi connectivity index (χ1v) is 12.4. The fourth-order valence-corrected chi connectivity index (χ4v) is 5.67. The summed E-state index contributed by atoms with van der Waals surface area (Å²) < 4.78 is 7.28. The molecule has 2 fully saturated rings. The first kappa shape index (κ1) is 25.0. The van der Waals surface area contributed by atoms with Crippen LogP contribution in [0.25, 0.3) is 6.08 Å². The Morgan fingerprint density at radius 1 is 1.30 bits per heavy atom. The number of hydrogen-bond donors (Lipinski definition) is 0. The molecular formula is C23H28N4O4S2. The van der Waals surface area contributed by atoms with Crippen molar-refractivity contribution >= 4 is 52.1 Å². The van der Waals surface area contributed by atoms with Gasteiger partial charge in [-0.1, -0.05) is 24.0 Å². The molecule has 10 heteroatoms. The smallest absolute Gasteiger partial charge is 0.310 e. The van der Waals surface area contributed by atoms with Crippen molar-refractivity contribution in [1.82, 2.24) is 9.47 Å². The number of ether oxygens (including phenoxy) is 1. The average Bonchev–Trinajstić information content (AvgIpc) is 3.07. The number of anilines is 1. The van der Waals surface area contributed by atoms with Crippen LogP contribution in [0.3, 0.4) is 0 Å². The Kier molecular flexibility index (Phi) is 7.97. The van der Waals surface area contributed by atoms with Gasteiger partial charge in [-0.05, 0) is 52.2 Å². The van der Waals surface area contributed by atoms with Crippen molar-refractivity contribution in [1.29, 1.82) is 5.26 Å². The van der Waals surface area contributed by atoms with Crippen molar-refractivity contribution in [3.8, 4) is 6.07 Å². The van der Waals surface area contributed by atoms with E-state index in [1.54, 1.807) is 24.5 Å². The Morgan fingerprint density at radius 2 is 2.03 bits per heavy atom. The summed E-state index contributed by atoms with van der Waals surface area (Å²) in [4.78, 5) is 42.4. The van der Waals surface area contributed by atoms with E-state index in [0.29, 0.717) is 65.4 Å².